The van der Waals surface area contributed by atoms with Crippen LogP contribution in [0.15, 0.2) is 10.9 Å². The number of esters is 2. The maximum atomic E-state index is 13.2. The van der Waals surface area contributed by atoms with E-state index < -0.39 is 23.3 Å². The third kappa shape index (κ3) is 2.62. The van der Waals surface area contributed by atoms with Gasteiger partial charge >= 0.3 is 11.9 Å². The van der Waals surface area contributed by atoms with E-state index >= 15 is 0 Å². The highest BCUT2D eigenvalue weighted by atomic mass is 16.7. The van der Waals surface area contributed by atoms with E-state index in [2.05, 4.69) is 0 Å². The number of hydrogen-bond acceptors (Lipinski definition) is 7. The summed E-state index contributed by atoms with van der Waals surface area (Å²) in [4.78, 5) is 37.6. The average molecular weight is 391 g/mol. The molecule has 0 bridgehead atoms. The molecule has 1 fully saturated rings. The summed E-state index contributed by atoms with van der Waals surface area (Å²) in [5.41, 5.74) is -0.755. The van der Waals surface area contributed by atoms with E-state index in [1.54, 1.807) is 17.6 Å². The molecular weight excluding hydrogens is 366 g/mol. The Kier molecular flexibility index (Phi) is 4.21. The Morgan fingerprint density at radius 2 is 1.93 bits per heavy atom. The molecular formula is C20H25NO7. The van der Waals surface area contributed by atoms with Crippen LogP contribution in [0.1, 0.15) is 57.4 Å². The molecule has 8 nitrogen and oxygen atoms in total. The van der Waals surface area contributed by atoms with Crippen molar-refractivity contribution in [2.24, 2.45) is 5.41 Å². The summed E-state index contributed by atoms with van der Waals surface area (Å²) in [5, 5.41) is 0. The zero-order chi connectivity index (χ0) is 20.3. The second kappa shape index (κ2) is 6.15. The molecule has 0 amide bonds. The molecule has 3 aliphatic heterocycles. The molecule has 8 heteroatoms. The fourth-order valence-electron chi connectivity index (χ4n) is 4.23. The molecule has 28 heavy (non-hydrogen) atoms. The topological polar surface area (TPSA) is 93.1 Å². The van der Waals surface area contributed by atoms with Crippen LogP contribution in [0.3, 0.4) is 0 Å². The molecule has 1 atom stereocenters. The molecule has 0 saturated carbocycles. The molecule has 0 aliphatic carbocycles. The number of carbonyl (C=O) groups is 2. The second-order valence-electron chi connectivity index (χ2n) is 8.47. The van der Waals surface area contributed by atoms with Crippen molar-refractivity contribution in [3.63, 3.8) is 0 Å². The minimum Gasteiger partial charge on any atom is -0.457 e. The van der Waals surface area contributed by atoms with Gasteiger partial charge in [-0.15, -0.1) is 0 Å². The Balaban J connectivity index is 1.89. The third-order valence-electron chi connectivity index (χ3n) is 5.78. The number of hydrogen-bond donors (Lipinski definition) is 0. The van der Waals surface area contributed by atoms with Crippen molar-refractivity contribution in [3.8, 4) is 0 Å². The van der Waals surface area contributed by atoms with Gasteiger partial charge in [0.15, 0.2) is 0 Å². The van der Waals surface area contributed by atoms with Crippen molar-refractivity contribution in [1.82, 2.24) is 4.57 Å². The largest absolute Gasteiger partial charge is 0.457 e. The molecule has 4 heterocycles. The normalized spacial score (nSPS) is 27.1. The number of ether oxygens (including phenoxy) is 4. The number of cyclic esters (lactones) is 1. The quantitative estimate of drug-likeness (QED) is 0.709. The van der Waals surface area contributed by atoms with Gasteiger partial charge in [-0.3, -0.25) is 9.59 Å². The van der Waals surface area contributed by atoms with Crippen LogP contribution in [0.4, 0.5) is 0 Å². The van der Waals surface area contributed by atoms with Crippen LogP contribution in [0.25, 0.3) is 0 Å². The maximum absolute atomic E-state index is 13.2. The summed E-state index contributed by atoms with van der Waals surface area (Å²) >= 11 is 0. The van der Waals surface area contributed by atoms with Gasteiger partial charge < -0.3 is 23.5 Å². The number of fused-ring (bicyclic) bond motifs is 3. The Bertz CT molecular complexity index is 906. The number of rotatable bonds is 2. The predicted octanol–water partition coefficient (Wildman–Crippen LogP) is 1.70. The Hall–Kier alpha value is -2.19. The highest BCUT2D eigenvalue weighted by molar-refractivity contribution is 5.86. The standard InChI is InChI=1S/C20H25NO7/c1-5-19(28-12(2)22)14-8-15-20(26-10-18(3,4)11-27-20)6-7-21(15)16(23)13(14)9-25-17(19)24/h8H,5-7,9-11H2,1-4H3/t19-/m0/s1. The van der Waals surface area contributed by atoms with Crippen LogP contribution < -0.4 is 5.56 Å². The second-order valence-corrected chi connectivity index (χ2v) is 8.47. The lowest BCUT2D eigenvalue weighted by molar-refractivity contribution is -0.306. The molecule has 1 aromatic heterocycles. The zero-order valence-electron chi connectivity index (χ0n) is 16.6. The predicted molar refractivity (Wildman–Crippen MR) is 96.2 cm³/mol. The summed E-state index contributed by atoms with van der Waals surface area (Å²) in [6, 6.07) is 1.73. The lowest BCUT2D eigenvalue weighted by atomic mass is 9.85. The van der Waals surface area contributed by atoms with Crippen molar-refractivity contribution in [3.05, 3.63) is 33.2 Å². The van der Waals surface area contributed by atoms with E-state index in [1.165, 1.54) is 6.92 Å². The lowest BCUT2D eigenvalue weighted by Crippen LogP contribution is -2.49. The summed E-state index contributed by atoms with van der Waals surface area (Å²) in [6.07, 6.45) is 0.658. The van der Waals surface area contributed by atoms with Crippen molar-refractivity contribution in [1.29, 1.82) is 0 Å². The van der Waals surface area contributed by atoms with Gasteiger partial charge in [0.2, 0.25) is 11.4 Å². The van der Waals surface area contributed by atoms with Gasteiger partial charge in [-0.2, -0.15) is 0 Å². The summed E-state index contributed by atoms with van der Waals surface area (Å²) in [5.74, 6) is -2.31. The van der Waals surface area contributed by atoms with Crippen molar-refractivity contribution >= 4 is 11.9 Å². The van der Waals surface area contributed by atoms with Gasteiger partial charge in [0, 0.05) is 30.9 Å². The van der Waals surface area contributed by atoms with E-state index in [0.29, 0.717) is 43.0 Å². The van der Waals surface area contributed by atoms with Gasteiger partial charge in [-0.05, 0) is 12.5 Å². The number of nitrogens with zero attached hydrogens (tertiary/aromatic N) is 1. The molecule has 0 radical (unpaired) electrons. The molecule has 0 aromatic carbocycles. The zero-order valence-corrected chi connectivity index (χ0v) is 16.6. The number of pyridine rings is 1. The van der Waals surface area contributed by atoms with Crippen LogP contribution in [-0.2, 0) is 53.1 Å². The molecule has 3 aliphatic rings. The van der Waals surface area contributed by atoms with E-state index in [4.69, 9.17) is 18.9 Å². The molecule has 0 N–H and O–H groups in total. The third-order valence-corrected chi connectivity index (χ3v) is 5.78. The molecule has 1 aromatic rings. The van der Waals surface area contributed by atoms with Gasteiger partial charge in [-0.25, -0.2) is 4.79 Å². The fraction of sp³-hybridized carbons (Fsp3) is 0.650. The van der Waals surface area contributed by atoms with Crippen LogP contribution in [0, 0.1) is 5.41 Å². The van der Waals surface area contributed by atoms with Crippen LogP contribution in [-0.4, -0.2) is 29.7 Å². The average Bonchev–Trinajstić information content (AvgIpc) is 2.99. The van der Waals surface area contributed by atoms with Crippen LogP contribution >= 0.6 is 0 Å². The first kappa shape index (κ1) is 19.1. The summed E-state index contributed by atoms with van der Waals surface area (Å²) in [6.45, 7) is 8.33. The number of carbonyl (C=O) groups excluding carboxylic acids is 2. The van der Waals surface area contributed by atoms with Crippen molar-refractivity contribution in [2.75, 3.05) is 13.2 Å². The Labute approximate surface area is 162 Å². The van der Waals surface area contributed by atoms with Gasteiger partial charge in [0.05, 0.1) is 24.5 Å². The van der Waals surface area contributed by atoms with E-state index in [1.807, 2.05) is 13.8 Å². The molecule has 4 rings (SSSR count). The minimum absolute atomic E-state index is 0.123. The summed E-state index contributed by atoms with van der Waals surface area (Å²) in [7, 11) is 0. The molecule has 152 valence electrons. The molecule has 0 unspecified atom stereocenters. The first-order chi connectivity index (χ1) is 13.1. The van der Waals surface area contributed by atoms with Crippen molar-refractivity contribution < 1.29 is 28.5 Å². The first-order valence-electron chi connectivity index (χ1n) is 9.56. The van der Waals surface area contributed by atoms with E-state index in [-0.39, 0.29) is 24.0 Å². The lowest BCUT2D eigenvalue weighted by Gasteiger charge is -2.42. The van der Waals surface area contributed by atoms with Gasteiger partial charge in [0.1, 0.15) is 6.61 Å². The maximum Gasteiger partial charge on any atom is 0.355 e. The minimum atomic E-state index is -1.63. The van der Waals surface area contributed by atoms with Gasteiger partial charge in [-0.1, -0.05) is 20.8 Å². The fourth-order valence-corrected chi connectivity index (χ4v) is 4.23. The SMILES string of the molecule is CC[C@@]1(OC(C)=O)C(=O)OCc2c1cc1n(c2=O)CCC12OCC(C)(C)CO2. The smallest absolute Gasteiger partial charge is 0.355 e. The Morgan fingerprint density at radius 3 is 2.54 bits per heavy atom. The monoisotopic (exact) mass is 391 g/mol. The van der Waals surface area contributed by atoms with Crippen LogP contribution in [0.2, 0.25) is 0 Å². The molecule has 1 saturated heterocycles. The molecule has 1 spiro atoms. The summed E-state index contributed by atoms with van der Waals surface area (Å²) < 4.78 is 24.5. The number of aromatic nitrogens is 1. The van der Waals surface area contributed by atoms with Crippen molar-refractivity contribution in [2.45, 2.75) is 65.1 Å². The van der Waals surface area contributed by atoms with E-state index in [0.717, 1.165) is 0 Å². The Morgan fingerprint density at radius 1 is 1.25 bits per heavy atom. The highest BCUT2D eigenvalue weighted by Crippen LogP contribution is 2.45. The van der Waals surface area contributed by atoms with Gasteiger partial charge in [0.25, 0.3) is 5.56 Å². The van der Waals surface area contributed by atoms with E-state index in [9.17, 15) is 14.4 Å². The first-order valence-corrected chi connectivity index (χ1v) is 9.56. The van der Waals surface area contributed by atoms with Crippen LogP contribution in [0.5, 0.6) is 0 Å². The highest BCUT2D eigenvalue weighted by Gasteiger charge is 2.53.